The van der Waals surface area contributed by atoms with Crippen LogP contribution >= 0.6 is 0 Å². The number of pyridine rings is 1. The fourth-order valence-corrected chi connectivity index (χ4v) is 1.42. The number of halogens is 1. The van der Waals surface area contributed by atoms with Crippen LogP contribution in [0.15, 0.2) is 48.8 Å². The zero-order valence-corrected chi connectivity index (χ0v) is 10.8. The van der Waals surface area contributed by atoms with Crippen LogP contribution < -0.4 is 0 Å². The number of ether oxygens (including phenoxy) is 1. The monoisotopic (exact) mass is 261 g/mol. The van der Waals surface area contributed by atoms with Gasteiger partial charge in [-0.1, -0.05) is 30.3 Å². The summed E-state index contributed by atoms with van der Waals surface area (Å²) in [6.45, 7) is 2.66. The maximum Gasteiger partial charge on any atom is 0.293 e. The van der Waals surface area contributed by atoms with Crippen LogP contribution in [0.4, 0.5) is 4.39 Å². The lowest BCUT2D eigenvalue weighted by Crippen LogP contribution is -1.92. The molecule has 3 nitrogen and oxygen atoms in total. The molecule has 0 radical (unpaired) electrons. The number of nitrogens with zero attached hydrogens (tertiary/aromatic N) is 1. The van der Waals surface area contributed by atoms with E-state index in [4.69, 9.17) is 0 Å². The zero-order valence-electron chi connectivity index (χ0n) is 10.8. The molecule has 0 aliphatic carbocycles. The Morgan fingerprint density at radius 1 is 1.26 bits per heavy atom. The van der Waals surface area contributed by atoms with E-state index in [9.17, 15) is 9.18 Å². The van der Waals surface area contributed by atoms with Crippen LogP contribution in [0.3, 0.4) is 0 Å². The van der Waals surface area contributed by atoms with Crippen molar-refractivity contribution in [3.05, 3.63) is 65.7 Å². The van der Waals surface area contributed by atoms with E-state index in [0.29, 0.717) is 25.1 Å². The summed E-state index contributed by atoms with van der Waals surface area (Å²) < 4.78 is 17.4. The SMILES string of the molecule is CCOC=O.Fc1ccncc1Cc1ccccc1. The normalized spacial score (nSPS) is 9.16. The highest BCUT2D eigenvalue weighted by atomic mass is 19.1. The van der Waals surface area contributed by atoms with Crippen LogP contribution in [0, 0.1) is 5.82 Å². The molecule has 4 heteroatoms. The molecule has 0 atom stereocenters. The molecular weight excluding hydrogens is 245 g/mol. The predicted octanol–water partition coefficient (Wildman–Crippen LogP) is 2.99. The van der Waals surface area contributed by atoms with Crippen molar-refractivity contribution in [3.8, 4) is 0 Å². The van der Waals surface area contributed by atoms with Gasteiger partial charge in [0.2, 0.25) is 0 Å². The van der Waals surface area contributed by atoms with Gasteiger partial charge in [-0.15, -0.1) is 0 Å². The fourth-order valence-electron chi connectivity index (χ4n) is 1.42. The van der Waals surface area contributed by atoms with E-state index in [1.807, 2.05) is 30.3 Å². The molecule has 0 fully saturated rings. The maximum absolute atomic E-state index is 13.2. The van der Waals surface area contributed by atoms with Gasteiger partial charge in [-0.25, -0.2) is 4.39 Å². The first-order valence-electron chi connectivity index (χ1n) is 5.95. The number of carbonyl (C=O) groups is 1. The molecule has 100 valence electrons. The van der Waals surface area contributed by atoms with E-state index in [0.717, 1.165) is 5.56 Å². The Morgan fingerprint density at radius 3 is 2.53 bits per heavy atom. The van der Waals surface area contributed by atoms with Crippen molar-refractivity contribution in [1.82, 2.24) is 4.98 Å². The molecule has 0 N–H and O–H groups in total. The lowest BCUT2D eigenvalue weighted by atomic mass is 10.1. The minimum Gasteiger partial charge on any atom is -0.468 e. The van der Waals surface area contributed by atoms with Gasteiger partial charge in [0.1, 0.15) is 5.82 Å². The quantitative estimate of drug-likeness (QED) is 0.794. The molecule has 19 heavy (non-hydrogen) atoms. The molecule has 0 saturated carbocycles. The highest BCUT2D eigenvalue weighted by Gasteiger charge is 2.01. The van der Waals surface area contributed by atoms with E-state index in [1.54, 1.807) is 13.1 Å². The van der Waals surface area contributed by atoms with Gasteiger partial charge in [0.25, 0.3) is 6.47 Å². The topological polar surface area (TPSA) is 39.2 Å². The Labute approximate surface area is 112 Å². The smallest absolute Gasteiger partial charge is 0.293 e. The number of hydrogen-bond acceptors (Lipinski definition) is 3. The van der Waals surface area contributed by atoms with Crippen LogP contribution in [-0.2, 0) is 16.0 Å². The Balaban J connectivity index is 0.000000312. The van der Waals surface area contributed by atoms with Crippen molar-refractivity contribution in [1.29, 1.82) is 0 Å². The average molecular weight is 261 g/mol. The van der Waals surface area contributed by atoms with Gasteiger partial charge in [-0.3, -0.25) is 9.78 Å². The molecule has 1 aromatic carbocycles. The van der Waals surface area contributed by atoms with Crippen LogP contribution in [-0.4, -0.2) is 18.1 Å². The molecule has 1 aromatic heterocycles. The number of rotatable bonds is 4. The number of carbonyl (C=O) groups excluding carboxylic acids is 1. The first kappa shape index (κ1) is 14.8. The second-order valence-corrected chi connectivity index (χ2v) is 3.68. The Bertz CT molecular complexity index is 489. The Morgan fingerprint density at radius 2 is 2.00 bits per heavy atom. The summed E-state index contributed by atoms with van der Waals surface area (Å²) in [6.07, 6.45) is 3.63. The molecule has 0 aliphatic heterocycles. The molecule has 0 spiro atoms. The molecule has 0 aliphatic rings. The third kappa shape index (κ3) is 5.77. The van der Waals surface area contributed by atoms with Gasteiger partial charge in [0.15, 0.2) is 0 Å². The van der Waals surface area contributed by atoms with E-state index in [-0.39, 0.29) is 5.82 Å². The second kappa shape index (κ2) is 8.80. The zero-order chi connectivity index (χ0) is 13.9. The minimum absolute atomic E-state index is 0.191. The van der Waals surface area contributed by atoms with Crippen molar-refractivity contribution in [2.24, 2.45) is 0 Å². The van der Waals surface area contributed by atoms with Crippen molar-refractivity contribution in [3.63, 3.8) is 0 Å². The van der Waals surface area contributed by atoms with Crippen LogP contribution in [0.2, 0.25) is 0 Å². The highest BCUT2D eigenvalue weighted by molar-refractivity contribution is 5.36. The van der Waals surface area contributed by atoms with Crippen molar-refractivity contribution in [2.75, 3.05) is 6.61 Å². The van der Waals surface area contributed by atoms with Gasteiger partial charge in [0.05, 0.1) is 6.61 Å². The fraction of sp³-hybridized carbons (Fsp3) is 0.200. The van der Waals surface area contributed by atoms with Crippen molar-refractivity contribution < 1.29 is 13.9 Å². The predicted molar refractivity (Wildman–Crippen MR) is 71.1 cm³/mol. The van der Waals surface area contributed by atoms with Crippen molar-refractivity contribution in [2.45, 2.75) is 13.3 Å². The maximum atomic E-state index is 13.2. The minimum atomic E-state index is -0.191. The molecule has 0 saturated heterocycles. The third-order valence-electron chi connectivity index (χ3n) is 2.32. The Kier molecular flexibility index (Phi) is 6.87. The summed E-state index contributed by atoms with van der Waals surface area (Å²) in [7, 11) is 0. The van der Waals surface area contributed by atoms with Gasteiger partial charge >= 0.3 is 0 Å². The lowest BCUT2D eigenvalue weighted by Gasteiger charge is -2.01. The molecule has 1 heterocycles. The number of benzene rings is 1. The number of hydrogen-bond donors (Lipinski definition) is 0. The molecule has 0 unspecified atom stereocenters. The van der Waals surface area contributed by atoms with E-state index < -0.39 is 0 Å². The second-order valence-electron chi connectivity index (χ2n) is 3.68. The summed E-state index contributed by atoms with van der Waals surface area (Å²) in [5.74, 6) is -0.191. The van der Waals surface area contributed by atoms with E-state index in [2.05, 4.69) is 9.72 Å². The van der Waals surface area contributed by atoms with E-state index >= 15 is 0 Å². The Hall–Kier alpha value is -2.23. The summed E-state index contributed by atoms with van der Waals surface area (Å²) in [5, 5.41) is 0. The van der Waals surface area contributed by atoms with Crippen molar-refractivity contribution >= 4 is 6.47 Å². The van der Waals surface area contributed by atoms with Crippen LogP contribution in [0.25, 0.3) is 0 Å². The third-order valence-corrected chi connectivity index (χ3v) is 2.32. The first-order valence-corrected chi connectivity index (χ1v) is 5.95. The van der Waals surface area contributed by atoms with Gasteiger partial charge in [-0.2, -0.15) is 0 Å². The molecule has 0 bridgehead atoms. The first-order chi connectivity index (χ1) is 9.27. The standard InChI is InChI=1S/C12H10FN.C3H6O2/c13-12-6-7-14-9-11(12)8-10-4-2-1-3-5-10;1-2-5-3-4/h1-7,9H,8H2;3H,2H2,1H3. The number of aromatic nitrogens is 1. The average Bonchev–Trinajstić information content (AvgIpc) is 2.44. The van der Waals surface area contributed by atoms with Gasteiger partial charge in [-0.05, 0) is 18.6 Å². The molecule has 2 rings (SSSR count). The molecule has 0 amide bonds. The lowest BCUT2D eigenvalue weighted by molar-refractivity contribution is -0.128. The molecule has 2 aromatic rings. The molecular formula is C15H16FNO2. The summed E-state index contributed by atoms with van der Waals surface area (Å²) in [5.41, 5.74) is 1.73. The largest absolute Gasteiger partial charge is 0.468 e. The van der Waals surface area contributed by atoms with E-state index in [1.165, 1.54) is 12.3 Å². The van der Waals surface area contributed by atoms with Gasteiger partial charge in [0, 0.05) is 24.4 Å². The van der Waals surface area contributed by atoms with Crippen LogP contribution in [0.5, 0.6) is 0 Å². The summed E-state index contributed by atoms with van der Waals surface area (Å²) in [4.78, 5) is 13.1. The summed E-state index contributed by atoms with van der Waals surface area (Å²) >= 11 is 0. The van der Waals surface area contributed by atoms with Gasteiger partial charge < -0.3 is 4.74 Å². The highest BCUT2D eigenvalue weighted by Crippen LogP contribution is 2.11. The summed E-state index contributed by atoms with van der Waals surface area (Å²) in [6, 6.07) is 11.2. The van der Waals surface area contributed by atoms with Crippen LogP contribution in [0.1, 0.15) is 18.1 Å².